The number of anilines is 1. The second-order valence-corrected chi connectivity index (χ2v) is 9.38. The van der Waals surface area contributed by atoms with E-state index in [1.165, 1.54) is 23.0 Å². The second kappa shape index (κ2) is 9.21. The maximum Gasteiger partial charge on any atom is 0.416 e. The number of thiophene rings is 1. The number of likely N-dealkylation sites (tertiary alicyclic amines) is 1. The van der Waals surface area contributed by atoms with Crippen LogP contribution in [0.25, 0.3) is 10.2 Å². The Balaban J connectivity index is 1.59. The number of amides is 2. The van der Waals surface area contributed by atoms with Crippen molar-refractivity contribution in [2.75, 3.05) is 11.9 Å². The summed E-state index contributed by atoms with van der Waals surface area (Å²) in [4.78, 5) is 45.2. The van der Waals surface area contributed by atoms with Gasteiger partial charge in [-0.1, -0.05) is 6.07 Å². The normalized spacial score (nSPS) is 16.6. The molecule has 1 atom stereocenters. The fraction of sp³-hybridized carbons (Fsp3) is 0.391. The van der Waals surface area contributed by atoms with E-state index in [4.69, 9.17) is 0 Å². The molecule has 180 valence electrons. The second-order valence-electron chi connectivity index (χ2n) is 8.38. The number of alkyl halides is 3. The highest BCUT2D eigenvalue weighted by Gasteiger charge is 2.31. The lowest BCUT2D eigenvalue weighted by atomic mass is 10.0. The Bertz CT molecular complexity index is 1320. The summed E-state index contributed by atoms with van der Waals surface area (Å²) in [7, 11) is 0. The number of nitrogens with one attached hydrogen (secondary N) is 1. The minimum Gasteiger partial charge on any atom is -0.338 e. The monoisotopic (exact) mass is 492 g/mol. The minimum absolute atomic E-state index is 0.0108. The standard InChI is InChI=1S/C23H23F3N4O3S/c1-13-6-3-4-9-30(13)17(31)11-29-12-27-21-18(22(29)33)14(2)19(34-21)20(32)28-16-8-5-7-15(10-16)23(24,25)26/h5,7-8,10,12-13H,3-4,6,9,11H2,1-2H3,(H,28,32). The van der Waals surface area contributed by atoms with Gasteiger partial charge < -0.3 is 10.2 Å². The van der Waals surface area contributed by atoms with Gasteiger partial charge in [-0.15, -0.1) is 11.3 Å². The van der Waals surface area contributed by atoms with Crippen LogP contribution in [0.1, 0.15) is 47.0 Å². The van der Waals surface area contributed by atoms with Crippen molar-refractivity contribution < 1.29 is 22.8 Å². The van der Waals surface area contributed by atoms with Gasteiger partial charge in [-0.3, -0.25) is 19.0 Å². The van der Waals surface area contributed by atoms with E-state index in [2.05, 4.69) is 10.3 Å². The highest BCUT2D eigenvalue weighted by Crippen LogP contribution is 2.32. The highest BCUT2D eigenvalue weighted by atomic mass is 32.1. The molecule has 0 spiro atoms. The van der Waals surface area contributed by atoms with Crippen molar-refractivity contribution in [2.24, 2.45) is 0 Å². The van der Waals surface area contributed by atoms with Crippen LogP contribution in [-0.2, 0) is 17.5 Å². The number of carbonyl (C=O) groups is 2. The molecule has 0 radical (unpaired) electrons. The van der Waals surface area contributed by atoms with Crippen molar-refractivity contribution in [3.63, 3.8) is 0 Å². The topological polar surface area (TPSA) is 84.3 Å². The van der Waals surface area contributed by atoms with Crippen LogP contribution in [0.2, 0.25) is 0 Å². The highest BCUT2D eigenvalue weighted by molar-refractivity contribution is 7.20. The molecule has 1 aliphatic heterocycles. The van der Waals surface area contributed by atoms with E-state index in [9.17, 15) is 27.6 Å². The Kier molecular flexibility index (Phi) is 6.48. The predicted octanol–water partition coefficient (Wildman–Crippen LogP) is 4.44. The van der Waals surface area contributed by atoms with Crippen LogP contribution in [0.3, 0.4) is 0 Å². The minimum atomic E-state index is -4.54. The van der Waals surface area contributed by atoms with E-state index in [1.807, 2.05) is 6.92 Å². The molecular weight excluding hydrogens is 469 g/mol. The molecule has 7 nitrogen and oxygen atoms in total. The first-order valence-electron chi connectivity index (χ1n) is 10.8. The molecule has 1 fully saturated rings. The molecule has 11 heteroatoms. The summed E-state index contributed by atoms with van der Waals surface area (Å²) in [5.41, 5.74) is -0.955. The van der Waals surface area contributed by atoms with Crippen LogP contribution in [0.5, 0.6) is 0 Å². The van der Waals surface area contributed by atoms with Crippen molar-refractivity contribution in [3.8, 4) is 0 Å². The van der Waals surface area contributed by atoms with E-state index in [0.29, 0.717) is 16.9 Å². The van der Waals surface area contributed by atoms with Gasteiger partial charge in [0.1, 0.15) is 11.4 Å². The third-order valence-electron chi connectivity index (χ3n) is 6.00. The van der Waals surface area contributed by atoms with Gasteiger partial charge in [-0.05, 0) is 56.9 Å². The quantitative estimate of drug-likeness (QED) is 0.584. The third kappa shape index (κ3) is 4.70. The summed E-state index contributed by atoms with van der Waals surface area (Å²) in [5, 5.41) is 2.68. The van der Waals surface area contributed by atoms with Gasteiger partial charge in [0.25, 0.3) is 11.5 Å². The van der Waals surface area contributed by atoms with Gasteiger partial charge in [-0.25, -0.2) is 4.98 Å². The Morgan fingerprint density at radius 2 is 2.03 bits per heavy atom. The molecule has 1 N–H and O–H groups in total. The van der Waals surface area contributed by atoms with Gasteiger partial charge >= 0.3 is 6.18 Å². The number of fused-ring (bicyclic) bond motifs is 1. The largest absolute Gasteiger partial charge is 0.416 e. The number of benzene rings is 1. The summed E-state index contributed by atoms with van der Waals surface area (Å²) in [6.07, 6.45) is -0.325. The summed E-state index contributed by atoms with van der Waals surface area (Å²) < 4.78 is 40.1. The summed E-state index contributed by atoms with van der Waals surface area (Å²) in [5.74, 6) is -0.796. The molecule has 0 bridgehead atoms. The third-order valence-corrected chi connectivity index (χ3v) is 7.20. The molecule has 1 aliphatic rings. The Morgan fingerprint density at radius 3 is 2.74 bits per heavy atom. The number of hydrogen-bond acceptors (Lipinski definition) is 5. The molecule has 0 aliphatic carbocycles. The van der Waals surface area contributed by atoms with Crippen molar-refractivity contribution in [2.45, 2.75) is 51.9 Å². The molecule has 0 saturated carbocycles. The lowest BCUT2D eigenvalue weighted by Crippen LogP contribution is -2.44. The van der Waals surface area contributed by atoms with Gasteiger partial charge in [0.05, 0.1) is 22.2 Å². The van der Waals surface area contributed by atoms with Crippen molar-refractivity contribution >= 4 is 39.1 Å². The average Bonchev–Trinajstić information content (AvgIpc) is 3.12. The van der Waals surface area contributed by atoms with Crippen LogP contribution < -0.4 is 10.9 Å². The Morgan fingerprint density at radius 1 is 1.26 bits per heavy atom. The maximum absolute atomic E-state index is 13.1. The van der Waals surface area contributed by atoms with E-state index in [-0.39, 0.29) is 34.4 Å². The fourth-order valence-corrected chi connectivity index (χ4v) is 5.19. The lowest BCUT2D eigenvalue weighted by molar-refractivity contribution is -0.137. The molecule has 2 aromatic heterocycles. The Labute approximate surface area is 197 Å². The molecule has 3 heterocycles. The fourth-order valence-electron chi connectivity index (χ4n) is 4.15. The number of nitrogens with zero attached hydrogens (tertiary/aromatic N) is 3. The van der Waals surface area contributed by atoms with E-state index < -0.39 is 23.2 Å². The van der Waals surface area contributed by atoms with E-state index >= 15 is 0 Å². The molecule has 2 amide bonds. The van der Waals surface area contributed by atoms with Crippen molar-refractivity contribution in [3.05, 3.63) is 57.0 Å². The number of aryl methyl sites for hydroxylation is 1. The van der Waals surface area contributed by atoms with Crippen molar-refractivity contribution in [1.29, 1.82) is 0 Å². The number of aromatic nitrogens is 2. The first-order chi connectivity index (χ1) is 16.1. The molecule has 1 aromatic carbocycles. The summed E-state index contributed by atoms with van der Waals surface area (Å²) in [6, 6.07) is 4.44. The van der Waals surface area contributed by atoms with Gasteiger partial charge in [0.15, 0.2) is 0 Å². The molecule has 1 unspecified atom stereocenters. The number of hydrogen-bond donors (Lipinski definition) is 1. The molecule has 1 saturated heterocycles. The van der Waals surface area contributed by atoms with E-state index in [1.54, 1.807) is 11.8 Å². The van der Waals surface area contributed by atoms with Gasteiger partial charge in [0, 0.05) is 18.3 Å². The van der Waals surface area contributed by atoms with Crippen molar-refractivity contribution in [1.82, 2.24) is 14.5 Å². The first-order valence-corrected chi connectivity index (χ1v) is 11.6. The van der Waals surface area contributed by atoms with Gasteiger partial charge in [-0.2, -0.15) is 13.2 Å². The smallest absolute Gasteiger partial charge is 0.338 e. The molecule has 34 heavy (non-hydrogen) atoms. The summed E-state index contributed by atoms with van der Waals surface area (Å²) in [6.45, 7) is 4.08. The molecule has 3 aromatic rings. The number of rotatable bonds is 4. The van der Waals surface area contributed by atoms with Crippen LogP contribution >= 0.6 is 11.3 Å². The predicted molar refractivity (Wildman–Crippen MR) is 123 cm³/mol. The van der Waals surface area contributed by atoms with Crippen LogP contribution in [0.4, 0.5) is 18.9 Å². The maximum atomic E-state index is 13.1. The zero-order valence-electron chi connectivity index (χ0n) is 18.6. The zero-order valence-corrected chi connectivity index (χ0v) is 19.4. The lowest BCUT2D eigenvalue weighted by Gasteiger charge is -2.33. The molecule has 4 rings (SSSR count). The van der Waals surface area contributed by atoms with E-state index in [0.717, 1.165) is 42.7 Å². The van der Waals surface area contributed by atoms with Crippen LogP contribution in [0, 0.1) is 6.92 Å². The van der Waals surface area contributed by atoms with Crippen LogP contribution in [-0.4, -0.2) is 38.9 Å². The number of carbonyl (C=O) groups excluding carboxylic acids is 2. The van der Waals surface area contributed by atoms with Crippen LogP contribution in [0.15, 0.2) is 35.4 Å². The zero-order chi connectivity index (χ0) is 24.6. The Hall–Kier alpha value is -3.21. The first kappa shape index (κ1) is 23.9. The number of piperidine rings is 1. The summed E-state index contributed by atoms with van der Waals surface area (Å²) >= 11 is 0.977. The average molecular weight is 493 g/mol. The SMILES string of the molecule is Cc1c(C(=O)Nc2cccc(C(F)(F)F)c2)sc2ncn(CC(=O)N3CCCCC3C)c(=O)c12. The number of halogens is 3. The molecular formula is C23H23F3N4O3S. The van der Waals surface area contributed by atoms with Gasteiger partial charge in [0.2, 0.25) is 5.91 Å².